The van der Waals surface area contributed by atoms with E-state index >= 15 is 0 Å². The fourth-order valence-electron chi connectivity index (χ4n) is 5.48. The molecule has 1 aromatic rings. The van der Waals surface area contributed by atoms with Gasteiger partial charge >= 0.3 is 12.3 Å². The van der Waals surface area contributed by atoms with Crippen LogP contribution in [0.5, 0.6) is 0 Å². The number of aliphatic hydroxyl groups is 1. The van der Waals surface area contributed by atoms with Gasteiger partial charge in [-0.3, -0.25) is 4.79 Å². The molecule has 2 amide bonds. The van der Waals surface area contributed by atoms with Gasteiger partial charge in [0.25, 0.3) is 0 Å². The number of ether oxygens (including phenoxy) is 1. The minimum atomic E-state index is -4.56. The Bertz CT molecular complexity index is 891. The first kappa shape index (κ1) is 26.3. The fourth-order valence-corrected chi connectivity index (χ4v) is 5.48. The van der Waals surface area contributed by atoms with Crippen molar-refractivity contribution in [2.24, 2.45) is 11.1 Å². The lowest BCUT2D eigenvalue weighted by Crippen LogP contribution is -2.57. The minimum Gasteiger partial charge on any atom is -0.446 e. The van der Waals surface area contributed by atoms with Crippen LogP contribution >= 0.6 is 0 Å². The van der Waals surface area contributed by atoms with Gasteiger partial charge in [0, 0.05) is 25.4 Å². The predicted molar refractivity (Wildman–Crippen MR) is 121 cm³/mol. The van der Waals surface area contributed by atoms with E-state index < -0.39 is 40.9 Å². The molecule has 1 aromatic carbocycles. The number of carbonyl (C=O) groups excluding carboxylic acids is 2. The van der Waals surface area contributed by atoms with Crippen molar-refractivity contribution < 1.29 is 32.6 Å². The molecule has 3 rings (SSSR count). The predicted octanol–water partition coefficient (Wildman–Crippen LogP) is 4.99. The van der Waals surface area contributed by atoms with Gasteiger partial charge in [0.1, 0.15) is 6.10 Å². The number of amides is 2. The topological polar surface area (TPSA) is 92.9 Å². The van der Waals surface area contributed by atoms with E-state index in [4.69, 9.17) is 10.5 Å². The molecule has 0 spiro atoms. The number of piperidine rings is 1. The molecule has 6 nitrogen and oxygen atoms in total. The maximum absolute atomic E-state index is 14.1. The molecule has 1 aliphatic heterocycles. The van der Waals surface area contributed by atoms with Gasteiger partial charge in [-0.15, -0.1) is 0 Å². The van der Waals surface area contributed by atoms with Gasteiger partial charge in [0.05, 0.1) is 17.1 Å². The standard InChI is InChI=1S/C25H35F3N2O4/c1-23(2,3)19-15-18(34-22(29)32)10-13-30(19)21(31)20(24(33)11-5-4-6-12-24)16-8-7-9-17(14-16)25(26,27)28/h7-9,14,18-20,33H,4-6,10-13,15H2,1-3H3,(H2,29,32). The molecule has 1 saturated carbocycles. The van der Waals surface area contributed by atoms with E-state index in [-0.39, 0.29) is 24.1 Å². The number of rotatable bonds is 4. The number of hydrogen-bond acceptors (Lipinski definition) is 4. The van der Waals surface area contributed by atoms with E-state index in [9.17, 15) is 27.9 Å². The van der Waals surface area contributed by atoms with Crippen LogP contribution in [0, 0.1) is 5.41 Å². The van der Waals surface area contributed by atoms with Crippen LogP contribution in [-0.4, -0.2) is 46.3 Å². The van der Waals surface area contributed by atoms with Gasteiger partial charge < -0.3 is 20.5 Å². The highest BCUT2D eigenvalue weighted by Crippen LogP contribution is 2.44. The second-order valence-electron chi connectivity index (χ2n) is 10.7. The van der Waals surface area contributed by atoms with Crippen molar-refractivity contribution in [3.8, 4) is 0 Å². The number of nitrogens with zero attached hydrogens (tertiary/aromatic N) is 1. The van der Waals surface area contributed by atoms with E-state index in [1.54, 1.807) is 4.90 Å². The lowest BCUT2D eigenvalue weighted by molar-refractivity contribution is -0.150. The maximum atomic E-state index is 14.1. The van der Waals surface area contributed by atoms with Crippen LogP contribution in [0.3, 0.4) is 0 Å². The van der Waals surface area contributed by atoms with Gasteiger partial charge in [-0.1, -0.05) is 58.2 Å². The highest BCUT2D eigenvalue weighted by Gasteiger charge is 2.49. The van der Waals surface area contributed by atoms with Crippen molar-refractivity contribution in [1.82, 2.24) is 4.90 Å². The van der Waals surface area contributed by atoms with Crippen molar-refractivity contribution >= 4 is 12.0 Å². The molecule has 2 aliphatic rings. The smallest absolute Gasteiger partial charge is 0.416 e. The summed E-state index contributed by atoms with van der Waals surface area (Å²) in [7, 11) is 0. The highest BCUT2D eigenvalue weighted by atomic mass is 19.4. The van der Waals surface area contributed by atoms with Crippen LogP contribution < -0.4 is 5.73 Å². The quantitative estimate of drug-likeness (QED) is 0.630. The average molecular weight is 485 g/mol. The SMILES string of the molecule is CC(C)(C)C1CC(OC(N)=O)CCN1C(=O)C(c1cccc(C(F)(F)F)c1)C1(O)CCCCC1. The van der Waals surface area contributed by atoms with Crippen molar-refractivity contribution in [1.29, 1.82) is 0 Å². The molecule has 0 radical (unpaired) electrons. The van der Waals surface area contributed by atoms with Gasteiger partial charge in [0.15, 0.2) is 0 Å². The number of carbonyl (C=O) groups is 2. The van der Waals surface area contributed by atoms with Crippen molar-refractivity contribution in [3.63, 3.8) is 0 Å². The van der Waals surface area contributed by atoms with Crippen molar-refractivity contribution in [3.05, 3.63) is 35.4 Å². The van der Waals surface area contributed by atoms with Crippen molar-refractivity contribution in [2.45, 2.75) is 95.6 Å². The summed E-state index contributed by atoms with van der Waals surface area (Å²) in [6.45, 7) is 6.13. The lowest BCUT2D eigenvalue weighted by atomic mass is 9.71. The van der Waals surface area contributed by atoms with Crippen LogP contribution in [-0.2, 0) is 15.7 Å². The first-order chi connectivity index (χ1) is 15.7. The third kappa shape index (κ3) is 5.85. The monoisotopic (exact) mass is 484 g/mol. The van der Waals surface area contributed by atoms with E-state index in [0.717, 1.165) is 18.6 Å². The second kappa shape index (κ2) is 9.76. The van der Waals surface area contributed by atoms with Crippen molar-refractivity contribution in [2.75, 3.05) is 6.54 Å². The zero-order valence-corrected chi connectivity index (χ0v) is 20.0. The van der Waals surface area contributed by atoms with E-state index in [1.807, 2.05) is 20.8 Å². The Morgan fingerprint density at radius 1 is 1.18 bits per heavy atom. The van der Waals surface area contributed by atoms with Crippen LogP contribution in [0.1, 0.15) is 82.8 Å². The molecule has 190 valence electrons. The molecule has 2 fully saturated rings. The Morgan fingerprint density at radius 3 is 2.38 bits per heavy atom. The number of nitrogens with two attached hydrogens (primary N) is 1. The first-order valence-electron chi connectivity index (χ1n) is 11.9. The first-order valence-corrected chi connectivity index (χ1v) is 11.9. The molecule has 1 saturated heterocycles. The van der Waals surface area contributed by atoms with Gasteiger partial charge in [0.2, 0.25) is 5.91 Å². The Morgan fingerprint density at radius 2 is 1.82 bits per heavy atom. The normalized spacial score (nSPS) is 24.4. The maximum Gasteiger partial charge on any atom is 0.416 e. The molecule has 1 heterocycles. The summed E-state index contributed by atoms with van der Waals surface area (Å²) in [5.41, 5.74) is 2.70. The van der Waals surface area contributed by atoms with Gasteiger partial charge in [-0.05, 0) is 29.9 Å². The minimum absolute atomic E-state index is 0.174. The summed E-state index contributed by atoms with van der Waals surface area (Å²) >= 11 is 0. The third-order valence-electron chi connectivity index (χ3n) is 7.17. The van der Waals surface area contributed by atoms with Crippen LogP contribution in [0.25, 0.3) is 0 Å². The molecule has 3 N–H and O–H groups in total. The Labute approximate surface area is 198 Å². The molecule has 9 heteroatoms. The van der Waals surface area contributed by atoms with E-state index in [0.29, 0.717) is 38.5 Å². The number of halogens is 3. The van der Waals surface area contributed by atoms with Gasteiger partial charge in [-0.2, -0.15) is 13.2 Å². The molecule has 34 heavy (non-hydrogen) atoms. The Balaban J connectivity index is 2.02. The molecular formula is C25H35F3N2O4. The summed E-state index contributed by atoms with van der Waals surface area (Å²) in [5.74, 6) is -1.50. The number of hydrogen-bond donors (Lipinski definition) is 2. The second-order valence-corrected chi connectivity index (χ2v) is 10.7. The molecule has 0 bridgehead atoms. The molecule has 3 unspecified atom stereocenters. The number of benzene rings is 1. The Hall–Kier alpha value is -2.29. The Kier molecular flexibility index (Phi) is 7.55. The summed E-state index contributed by atoms with van der Waals surface area (Å²) in [4.78, 5) is 27.1. The third-order valence-corrected chi connectivity index (χ3v) is 7.17. The van der Waals surface area contributed by atoms with Gasteiger partial charge in [-0.25, -0.2) is 4.79 Å². The number of likely N-dealkylation sites (tertiary alicyclic amines) is 1. The zero-order valence-electron chi connectivity index (χ0n) is 20.0. The average Bonchev–Trinajstić information content (AvgIpc) is 2.72. The molecule has 0 aromatic heterocycles. The fraction of sp³-hybridized carbons (Fsp3) is 0.680. The largest absolute Gasteiger partial charge is 0.446 e. The van der Waals surface area contributed by atoms with Crippen LogP contribution in [0.4, 0.5) is 18.0 Å². The van der Waals surface area contributed by atoms with E-state index in [1.165, 1.54) is 12.1 Å². The number of alkyl halides is 3. The van der Waals surface area contributed by atoms with Crippen LogP contribution in [0.2, 0.25) is 0 Å². The summed E-state index contributed by atoms with van der Waals surface area (Å²) in [6, 6.07) is 4.40. The summed E-state index contributed by atoms with van der Waals surface area (Å²) in [5, 5.41) is 11.6. The lowest BCUT2D eigenvalue weighted by Gasteiger charge is -2.49. The summed E-state index contributed by atoms with van der Waals surface area (Å²) in [6.07, 6.45) is -2.13. The summed E-state index contributed by atoms with van der Waals surface area (Å²) < 4.78 is 45.6. The van der Waals surface area contributed by atoms with Crippen LogP contribution in [0.15, 0.2) is 24.3 Å². The highest BCUT2D eigenvalue weighted by molar-refractivity contribution is 5.86. The van der Waals surface area contributed by atoms with E-state index in [2.05, 4.69) is 0 Å². The number of primary amides is 1. The zero-order chi connectivity index (χ0) is 25.3. The molecular weight excluding hydrogens is 449 g/mol. The molecule has 1 aliphatic carbocycles. The molecule has 3 atom stereocenters.